The molecule has 6 nitrogen and oxygen atoms in total. The number of rotatable bonds is 1. The third-order valence-electron chi connectivity index (χ3n) is 4.57. The first-order valence-corrected chi connectivity index (χ1v) is 7.07. The van der Waals surface area contributed by atoms with Crippen LogP contribution >= 0.6 is 0 Å². The fourth-order valence-electron chi connectivity index (χ4n) is 3.82. The number of carbonyl (C=O) groups excluding carboxylic acids is 2. The molecule has 0 aromatic rings. The molecule has 0 saturated carbocycles. The highest BCUT2D eigenvalue weighted by atomic mass is 16.8. The molecule has 3 aliphatic heterocycles. The van der Waals surface area contributed by atoms with Crippen molar-refractivity contribution in [3.8, 4) is 0 Å². The molecule has 6 heteroatoms. The molecule has 0 unspecified atom stereocenters. The normalized spacial score (nSPS) is 42.3. The quantitative estimate of drug-likeness (QED) is 0.657. The van der Waals surface area contributed by atoms with Crippen LogP contribution in [0.5, 0.6) is 0 Å². The second-order valence-electron chi connectivity index (χ2n) is 6.41. The highest BCUT2D eigenvalue weighted by Crippen LogP contribution is 2.44. The van der Waals surface area contributed by atoms with Crippen LogP contribution in [0.1, 0.15) is 27.2 Å². The standard InChI is InChI=1S/C14H21NO5/c1-7-5-9(16)15-6-8-12(20-14(2,3)19-8)11(15)10(7)13(17)18-4/h7-8,10-12H,5-6H2,1-4H3/t7-,8-,10+,11-,12-/m1/s1. The molecule has 0 radical (unpaired) electrons. The molecule has 3 heterocycles. The minimum atomic E-state index is -0.661. The van der Waals surface area contributed by atoms with Crippen molar-refractivity contribution in [3.63, 3.8) is 0 Å². The van der Waals surface area contributed by atoms with Crippen molar-refractivity contribution in [1.82, 2.24) is 4.90 Å². The molecule has 0 aromatic heterocycles. The van der Waals surface area contributed by atoms with E-state index in [1.165, 1.54) is 7.11 Å². The fourth-order valence-corrected chi connectivity index (χ4v) is 3.82. The molecule has 20 heavy (non-hydrogen) atoms. The smallest absolute Gasteiger partial charge is 0.311 e. The average molecular weight is 283 g/mol. The maximum atomic E-state index is 12.2. The average Bonchev–Trinajstić information content (AvgIpc) is 2.82. The van der Waals surface area contributed by atoms with Crippen LogP contribution in [0.2, 0.25) is 0 Å². The predicted molar refractivity (Wildman–Crippen MR) is 68.6 cm³/mol. The van der Waals surface area contributed by atoms with E-state index in [2.05, 4.69) is 0 Å². The van der Waals surface area contributed by atoms with Gasteiger partial charge in [-0.25, -0.2) is 0 Å². The van der Waals surface area contributed by atoms with Gasteiger partial charge in [0.15, 0.2) is 5.79 Å². The van der Waals surface area contributed by atoms with E-state index in [0.717, 1.165) is 0 Å². The van der Waals surface area contributed by atoms with Crippen molar-refractivity contribution in [1.29, 1.82) is 0 Å². The Hall–Kier alpha value is -1.14. The molecule has 3 saturated heterocycles. The molecule has 5 atom stereocenters. The van der Waals surface area contributed by atoms with Gasteiger partial charge in [-0.2, -0.15) is 0 Å². The topological polar surface area (TPSA) is 65.1 Å². The highest BCUT2D eigenvalue weighted by Gasteiger charge is 2.60. The Kier molecular flexibility index (Phi) is 3.06. The lowest BCUT2D eigenvalue weighted by Crippen LogP contribution is -2.55. The van der Waals surface area contributed by atoms with Crippen LogP contribution in [0.15, 0.2) is 0 Å². The number of ether oxygens (including phenoxy) is 3. The number of hydrogen-bond acceptors (Lipinski definition) is 5. The molecular formula is C14H21NO5. The van der Waals surface area contributed by atoms with Crippen LogP contribution in [0.25, 0.3) is 0 Å². The number of methoxy groups -OCH3 is 1. The molecule has 3 fully saturated rings. The summed E-state index contributed by atoms with van der Waals surface area (Å²) in [6.45, 7) is 6.14. The van der Waals surface area contributed by atoms with E-state index in [4.69, 9.17) is 14.2 Å². The van der Waals surface area contributed by atoms with E-state index in [1.54, 1.807) is 4.90 Å². The molecule has 0 aromatic carbocycles. The minimum Gasteiger partial charge on any atom is -0.469 e. The lowest BCUT2D eigenvalue weighted by Gasteiger charge is -2.40. The van der Waals surface area contributed by atoms with Crippen LogP contribution in [0.3, 0.4) is 0 Å². The zero-order valence-corrected chi connectivity index (χ0v) is 12.3. The first kappa shape index (κ1) is 13.8. The Morgan fingerprint density at radius 2 is 2.10 bits per heavy atom. The molecule has 0 bridgehead atoms. The van der Waals surface area contributed by atoms with E-state index in [-0.39, 0.29) is 42.0 Å². The summed E-state index contributed by atoms with van der Waals surface area (Å²) < 4.78 is 16.7. The molecule has 0 N–H and O–H groups in total. The van der Waals surface area contributed by atoms with Crippen molar-refractivity contribution < 1.29 is 23.8 Å². The second-order valence-corrected chi connectivity index (χ2v) is 6.41. The van der Waals surface area contributed by atoms with Crippen LogP contribution < -0.4 is 0 Å². The number of piperidine rings is 1. The maximum absolute atomic E-state index is 12.2. The van der Waals surface area contributed by atoms with Crippen molar-refractivity contribution in [2.24, 2.45) is 11.8 Å². The molecule has 1 amide bonds. The van der Waals surface area contributed by atoms with Gasteiger partial charge in [-0.05, 0) is 19.8 Å². The molecular weight excluding hydrogens is 262 g/mol. The van der Waals surface area contributed by atoms with Gasteiger partial charge >= 0.3 is 5.97 Å². The Balaban J connectivity index is 1.93. The van der Waals surface area contributed by atoms with E-state index < -0.39 is 5.79 Å². The van der Waals surface area contributed by atoms with E-state index >= 15 is 0 Å². The van der Waals surface area contributed by atoms with Gasteiger partial charge in [0.1, 0.15) is 12.2 Å². The number of nitrogens with zero attached hydrogens (tertiary/aromatic N) is 1. The lowest BCUT2D eigenvalue weighted by molar-refractivity contribution is -0.181. The summed E-state index contributed by atoms with van der Waals surface area (Å²) in [6, 6.07) is -0.273. The van der Waals surface area contributed by atoms with Gasteiger partial charge in [0, 0.05) is 6.42 Å². The van der Waals surface area contributed by atoms with Crippen LogP contribution in [-0.2, 0) is 23.8 Å². The summed E-state index contributed by atoms with van der Waals surface area (Å²) in [4.78, 5) is 26.1. The molecule has 3 rings (SSSR count). The van der Waals surface area contributed by atoms with Gasteiger partial charge in [-0.15, -0.1) is 0 Å². The van der Waals surface area contributed by atoms with Gasteiger partial charge in [0.05, 0.1) is 25.6 Å². The summed E-state index contributed by atoms with van der Waals surface area (Å²) in [5.74, 6) is -1.24. The first-order valence-electron chi connectivity index (χ1n) is 7.07. The summed E-state index contributed by atoms with van der Waals surface area (Å²) in [6.07, 6.45) is -0.0313. The van der Waals surface area contributed by atoms with Gasteiger partial charge in [0.2, 0.25) is 5.91 Å². The van der Waals surface area contributed by atoms with Crippen LogP contribution in [-0.4, -0.2) is 54.5 Å². The summed E-state index contributed by atoms with van der Waals surface area (Å²) in [5.41, 5.74) is 0. The van der Waals surface area contributed by atoms with Crippen LogP contribution in [0.4, 0.5) is 0 Å². The second kappa shape index (κ2) is 4.43. The predicted octanol–water partition coefficient (Wildman–Crippen LogP) is 0.546. The van der Waals surface area contributed by atoms with Crippen LogP contribution in [0, 0.1) is 11.8 Å². The third kappa shape index (κ3) is 1.93. The summed E-state index contributed by atoms with van der Waals surface area (Å²) >= 11 is 0. The Morgan fingerprint density at radius 3 is 2.75 bits per heavy atom. The van der Waals surface area contributed by atoms with E-state index in [0.29, 0.717) is 13.0 Å². The third-order valence-corrected chi connectivity index (χ3v) is 4.57. The van der Waals surface area contributed by atoms with Crippen molar-refractivity contribution in [3.05, 3.63) is 0 Å². The largest absolute Gasteiger partial charge is 0.469 e. The van der Waals surface area contributed by atoms with Gasteiger partial charge in [-0.3, -0.25) is 9.59 Å². The summed E-state index contributed by atoms with van der Waals surface area (Å²) in [7, 11) is 1.39. The van der Waals surface area contributed by atoms with Gasteiger partial charge < -0.3 is 19.1 Å². The Morgan fingerprint density at radius 1 is 1.40 bits per heavy atom. The number of fused-ring (bicyclic) bond motifs is 3. The zero-order chi connectivity index (χ0) is 14.7. The minimum absolute atomic E-state index is 0.0396. The first-order chi connectivity index (χ1) is 9.34. The van der Waals surface area contributed by atoms with Gasteiger partial charge in [-0.1, -0.05) is 6.92 Å². The van der Waals surface area contributed by atoms with Gasteiger partial charge in [0.25, 0.3) is 0 Å². The maximum Gasteiger partial charge on any atom is 0.311 e. The number of carbonyl (C=O) groups is 2. The van der Waals surface area contributed by atoms with Crippen molar-refractivity contribution >= 4 is 11.9 Å². The van der Waals surface area contributed by atoms with Crippen molar-refractivity contribution in [2.75, 3.05) is 13.7 Å². The highest BCUT2D eigenvalue weighted by molar-refractivity contribution is 5.83. The zero-order valence-electron chi connectivity index (χ0n) is 12.3. The Labute approximate surface area is 118 Å². The van der Waals surface area contributed by atoms with E-state index in [9.17, 15) is 9.59 Å². The monoisotopic (exact) mass is 283 g/mol. The number of amides is 1. The fraction of sp³-hybridized carbons (Fsp3) is 0.857. The summed E-state index contributed by atoms with van der Waals surface area (Å²) in [5, 5.41) is 0. The Bertz CT molecular complexity index is 449. The number of hydrogen-bond donors (Lipinski definition) is 0. The molecule has 0 aliphatic carbocycles. The molecule has 3 aliphatic rings. The van der Waals surface area contributed by atoms with E-state index in [1.807, 2.05) is 20.8 Å². The van der Waals surface area contributed by atoms with Crippen molar-refractivity contribution in [2.45, 2.75) is 51.2 Å². The molecule has 0 spiro atoms. The SMILES string of the molecule is COC(=O)[C@@H]1[C@@H]2[C@@H]3OC(C)(C)O[C@@H]3CN2C(=O)C[C@H]1C. The lowest BCUT2D eigenvalue weighted by atomic mass is 9.79. The number of esters is 1. The molecule has 112 valence electrons.